The molecule has 1 amide bonds. The molecule has 1 aliphatic carbocycles. The van der Waals surface area contributed by atoms with Crippen LogP contribution in [0.1, 0.15) is 55.3 Å². The highest BCUT2D eigenvalue weighted by molar-refractivity contribution is 14.1. The molecule has 1 aromatic rings. The monoisotopic (exact) mass is 383 g/mol. The van der Waals surface area contributed by atoms with Crippen LogP contribution in [0, 0.1) is 9.49 Å². The van der Waals surface area contributed by atoms with E-state index < -0.39 is 0 Å². The van der Waals surface area contributed by atoms with E-state index in [4.69, 9.17) is 0 Å². The number of halogens is 1. The lowest BCUT2D eigenvalue weighted by molar-refractivity contribution is 0.0661. The first-order valence-electron chi connectivity index (χ1n) is 7.82. The molecule has 2 fully saturated rings. The quantitative estimate of drug-likeness (QED) is 0.690. The maximum Gasteiger partial charge on any atom is 0.254 e. The zero-order chi connectivity index (χ0) is 13.9. The third-order valence-electron chi connectivity index (χ3n) is 4.83. The van der Waals surface area contributed by atoms with Crippen LogP contribution in [0.5, 0.6) is 0 Å². The SMILES string of the molecule is O=C(c1cccc(I)c1)N1CCCC1C1CCCCC1. The summed E-state index contributed by atoms with van der Waals surface area (Å²) in [6.45, 7) is 0.950. The number of likely N-dealkylation sites (tertiary alicyclic amines) is 1. The molecule has 1 aromatic carbocycles. The van der Waals surface area contributed by atoms with Gasteiger partial charge in [0.05, 0.1) is 0 Å². The summed E-state index contributed by atoms with van der Waals surface area (Å²) in [7, 11) is 0. The van der Waals surface area contributed by atoms with Crippen LogP contribution < -0.4 is 0 Å². The average Bonchev–Trinajstić information content (AvgIpc) is 2.97. The largest absolute Gasteiger partial charge is 0.335 e. The van der Waals surface area contributed by atoms with Gasteiger partial charge in [-0.15, -0.1) is 0 Å². The second kappa shape index (κ2) is 6.46. The number of amides is 1. The Bertz CT molecular complexity index is 482. The van der Waals surface area contributed by atoms with E-state index in [1.807, 2.05) is 24.3 Å². The van der Waals surface area contributed by atoms with Crippen molar-refractivity contribution in [3.63, 3.8) is 0 Å². The summed E-state index contributed by atoms with van der Waals surface area (Å²) in [5, 5.41) is 0. The van der Waals surface area contributed by atoms with Gasteiger partial charge in [-0.05, 0) is 72.4 Å². The van der Waals surface area contributed by atoms with Crippen LogP contribution in [0.2, 0.25) is 0 Å². The lowest BCUT2D eigenvalue weighted by Crippen LogP contribution is -2.40. The zero-order valence-electron chi connectivity index (χ0n) is 11.9. The standard InChI is InChI=1S/C17H22INO/c18-15-9-4-8-14(12-15)17(20)19-11-5-10-16(19)13-6-2-1-3-7-13/h4,8-9,12-13,16H,1-3,5-7,10-11H2. The Labute approximate surface area is 135 Å². The van der Waals surface area contributed by atoms with E-state index in [-0.39, 0.29) is 5.91 Å². The number of rotatable bonds is 2. The molecular weight excluding hydrogens is 361 g/mol. The first kappa shape index (κ1) is 14.4. The Morgan fingerprint density at radius 3 is 2.65 bits per heavy atom. The smallest absolute Gasteiger partial charge is 0.254 e. The van der Waals surface area contributed by atoms with Gasteiger partial charge in [-0.25, -0.2) is 0 Å². The number of carbonyl (C=O) groups is 1. The number of benzene rings is 1. The molecule has 1 atom stereocenters. The first-order valence-corrected chi connectivity index (χ1v) is 8.90. The summed E-state index contributed by atoms with van der Waals surface area (Å²) in [5.74, 6) is 0.995. The Kier molecular flexibility index (Phi) is 4.64. The third-order valence-corrected chi connectivity index (χ3v) is 5.50. The van der Waals surface area contributed by atoms with Crippen molar-refractivity contribution in [1.82, 2.24) is 4.90 Å². The van der Waals surface area contributed by atoms with Crippen molar-refractivity contribution in [3.05, 3.63) is 33.4 Å². The van der Waals surface area contributed by atoms with Crippen molar-refractivity contribution in [2.45, 2.75) is 51.0 Å². The van der Waals surface area contributed by atoms with Crippen LogP contribution in [-0.2, 0) is 0 Å². The van der Waals surface area contributed by atoms with Crippen LogP contribution >= 0.6 is 22.6 Å². The molecule has 2 aliphatic rings. The minimum absolute atomic E-state index is 0.247. The third kappa shape index (κ3) is 3.02. The molecule has 0 spiro atoms. The molecule has 0 N–H and O–H groups in total. The normalized spacial score (nSPS) is 24.1. The molecule has 3 rings (SSSR count). The molecule has 1 saturated heterocycles. The average molecular weight is 383 g/mol. The van der Waals surface area contributed by atoms with Crippen LogP contribution in [0.3, 0.4) is 0 Å². The van der Waals surface area contributed by atoms with Crippen LogP contribution in [0.15, 0.2) is 24.3 Å². The fourth-order valence-electron chi connectivity index (χ4n) is 3.84. The maximum atomic E-state index is 12.8. The molecule has 1 unspecified atom stereocenters. The van der Waals surface area contributed by atoms with Gasteiger partial charge in [0, 0.05) is 21.7 Å². The lowest BCUT2D eigenvalue weighted by Gasteiger charge is -2.34. The predicted molar refractivity (Wildman–Crippen MR) is 89.8 cm³/mol. The minimum atomic E-state index is 0.247. The molecule has 0 bridgehead atoms. The van der Waals surface area contributed by atoms with E-state index in [1.165, 1.54) is 44.9 Å². The van der Waals surface area contributed by atoms with E-state index in [9.17, 15) is 4.79 Å². The second-order valence-electron chi connectivity index (χ2n) is 6.12. The lowest BCUT2D eigenvalue weighted by atomic mass is 9.83. The van der Waals surface area contributed by atoms with E-state index in [0.29, 0.717) is 6.04 Å². The first-order chi connectivity index (χ1) is 9.75. The molecule has 108 valence electrons. The van der Waals surface area contributed by atoms with Crippen molar-refractivity contribution in [2.24, 2.45) is 5.92 Å². The summed E-state index contributed by atoms with van der Waals surface area (Å²) in [6.07, 6.45) is 9.12. The molecule has 2 nitrogen and oxygen atoms in total. The number of nitrogens with zero attached hydrogens (tertiary/aromatic N) is 1. The van der Waals surface area contributed by atoms with Gasteiger partial charge in [0.25, 0.3) is 5.91 Å². The highest BCUT2D eigenvalue weighted by Crippen LogP contribution is 2.35. The van der Waals surface area contributed by atoms with E-state index in [1.54, 1.807) is 0 Å². The van der Waals surface area contributed by atoms with Gasteiger partial charge in [-0.3, -0.25) is 4.79 Å². The molecule has 20 heavy (non-hydrogen) atoms. The summed E-state index contributed by atoms with van der Waals surface area (Å²) >= 11 is 2.28. The maximum absolute atomic E-state index is 12.8. The number of hydrogen-bond acceptors (Lipinski definition) is 1. The highest BCUT2D eigenvalue weighted by Gasteiger charge is 2.35. The van der Waals surface area contributed by atoms with Crippen LogP contribution in [-0.4, -0.2) is 23.4 Å². The van der Waals surface area contributed by atoms with Gasteiger partial charge in [0.15, 0.2) is 0 Å². The molecule has 0 radical (unpaired) electrons. The van der Waals surface area contributed by atoms with Gasteiger partial charge in [-0.1, -0.05) is 25.3 Å². The summed E-state index contributed by atoms with van der Waals surface area (Å²) < 4.78 is 1.14. The van der Waals surface area contributed by atoms with Crippen LogP contribution in [0.25, 0.3) is 0 Å². The van der Waals surface area contributed by atoms with Gasteiger partial charge in [-0.2, -0.15) is 0 Å². The Morgan fingerprint density at radius 2 is 1.90 bits per heavy atom. The van der Waals surface area contributed by atoms with Crippen molar-refractivity contribution < 1.29 is 4.79 Å². The molecule has 1 heterocycles. The van der Waals surface area contributed by atoms with Crippen molar-refractivity contribution in [3.8, 4) is 0 Å². The fraction of sp³-hybridized carbons (Fsp3) is 0.588. The number of carbonyl (C=O) groups excluding carboxylic acids is 1. The topological polar surface area (TPSA) is 20.3 Å². The second-order valence-corrected chi connectivity index (χ2v) is 7.36. The van der Waals surface area contributed by atoms with E-state index in [0.717, 1.165) is 21.6 Å². The molecule has 1 aliphatic heterocycles. The summed E-state index contributed by atoms with van der Waals surface area (Å²) in [5.41, 5.74) is 0.861. The van der Waals surface area contributed by atoms with Gasteiger partial charge >= 0.3 is 0 Å². The van der Waals surface area contributed by atoms with Gasteiger partial charge < -0.3 is 4.90 Å². The predicted octanol–water partition coefficient (Wildman–Crippen LogP) is 4.48. The Hall–Kier alpha value is -0.580. The van der Waals surface area contributed by atoms with E-state index in [2.05, 4.69) is 27.5 Å². The molecule has 1 saturated carbocycles. The van der Waals surface area contributed by atoms with E-state index >= 15 is 0 Å². The summed E-state index contributed by atoms with van der Waals surface area (Å²) in [6, 6.07) is 8.50. The molecule has 3 heteroatoms. The zero-order valence-corrected chi connectivity index (χ0v) is 14.0. The Morgan fingerprint density at radius 1 is 1.10 bits per heavy atom. The fourth-order valence-corrected chi connectivity index (χ4v) is 4.38. The summed E-state index contributed by atoms with van der Waals surface area (Å²) in [4.78, 5) is 14.9. The highest BCUT2D eigenvalue weighted by atomic mass is 127. The van der Waals surface area contributed by atoms with Crippen molar-refractivity contribution >= 4 is 28.5 Å². The minimum Gasteiger partial charge on any atom is -0.335 e. The number of hydrogen-bond donors (Lipinski definition) is 0. The van der Waals surface area contributed by atoms with Crippen LogP contribution in [0.4, 0.5) is 0 Å². The van der Waals surface area contributed by atoms with Crippen molar-refractivity contribution in [1.29, 1.82) is 0 Å². The van der Waals surface area contributed by atoms with Crippen molar-refractivity contribution in [2.75, 3.05) is 6.54 Å². The van der Waals surface area contributed by atoms with Gasteiger partial charge in [0.1, 0.15) is 0 Å². The molecular formula is C17H22INO. The Balaban J connectivity index is 1.76. The van der Waals surface area contributed by atoms with Gasteiger partial charge in [0.2, 0.25) is 0 Å². The molecule has 0 aromatic heterocycles.